The predicted molar refractivity (Wildman–Crippen MR) is 72.7 cm³/mol. The van der Waals surface area contributed by atoms with Gasteiger partial charge < -0.3 is 10.2 Å². The number of hydrogen-bond acceptors (Lipinski definition) is 4. The Kier molecular flexibility index (Phi) is 5.08. The van der Waals surface area contributed by atoms with Crippen molar-refractivity contribution < 1.29 is 23.4 Å². The normalized spacial score (nSPS) is 13.3. The molecule has 3 N–H and O–H groups in total. The minimum absolute atomic E-state index is 0.0913. The summed E-state index contributed by atoms with van der Waals surface area (Å²) in [5.41, 5.74) is 0.355. The van der Waals surface area contributed by atoms with Crippen LogP contribution in [0.25, 0.3) is 0 Å². The molecule has 0 saturated carbocycles. The third-order valence-electron chi connectivity index (χ3n) is 2.49. The number of carbonyl (C=O) groups is 1. The average molecular weight is 352 g/mol. The highest BCUT2D eigenvalue weighted by Gasteiger charge is 2.21. The third-order valence-corrected chi connectivity index (χ3v) is 4.88. The summed E-state index contributed by atoms with van der Waals surface area (Å²) in [5.74, 6) is -1.20. The molecule has 1 aromatic rings. The molecule has 1 atom stereocenters. The topological polar surface area (TPSA) is 104 Å². The fourth-order valence-electron chi connectivity index (χ4n) is 1.40. The summed E-state index contributed by atoms with van der Waals surface area (Å²) in [7, 11) is -3.87. The minimum Gasteiger partial charge on any atom is -0.478 e. The maximum absolute atomic E-state index is 12.0. The fourth-order valence-corrected chi connectivity index (χ4v) is 3.30. The summed E-state index contributed by atoms with van der Waals surface area (Å²) in [4.78, 5) is 10.9. The Morgan fingerprint density at radius 3 is 2.53 bits per heavy atom. The zero-order chi connectivity index (χ0) is 14.8. The Bertz CT molecular complexity index is 599. The van der Waals surface area contributed by atoms with Crippen LogP contribution in [0.4, 0.5) is 0 Å². The van der Waals surface area contributed by atoms with Gasteiger partial charge in [0.25, 0.3) is 0 Å². The first-order valence-electron chi connectivity index (χ1n) is 5.35. The van der Waals surface area contributed by atoms with E-state index < -0.39 is 22.0 Å². The number of nitrogens with one attached hydrogen (secondary N) is 1. The molecule has 0 heterocycles. The van der Waals surface area contributed by atoms with Gasteiger partial charge in [-0.15, -0.1) is 0 Å². The predicted octanol–water partition coefficient (Wildman–Crippen LogP) is 1.11. The van der Waals surface area contributed by atoms with Crippen molar-refractivity contribution in [3.05, 3.63) is 27.7 Å². The lowest BCUT2D eigenvalue weighted by Crippen LogP contribution is -2.35. The summed E-state index contributed by atoms with van der Waals surface area (Å²) in [6, 6.07) is 1.77. The van der Waals surface area contributed by atoms with Crippen molar-refractivity contribution in [3.8, 4) is 0 Å². The Morgan fingerprint density at radius 2 is 2.05 bits per heavy atom. The second-order valence-electron chi connectivity index (χ2n) is 4.09. The Morgan fingerprint density at radius 1 is 1.47 bits per heavy atom. The summed E-state index contributed by atoms with van der Waals surface area (Å²) < 4.78 is 26.6. The molecule has 0 aromatic heterocycles. The van der Waals surface area contributed by atoms with Crippen LogP contribution < -0.4 is 4.72 Å². The highest BCUT2D eigenvalue weighted by Crippen LogP contribution is 2.25. The lowest BCUT2D eigenvalue weighted by atomic mass is 10.1. The molecule has 0 spiro atoms. The van der Waals surface area contributed by atoms with Crippen LogP contribution in [-0.4, -0.2) is 37.2 Å². The van der Waals surface area contributed by atoms with E-state index in [2.05, 4.69) is 20.7 Å². The van der Waals surface area contributed by atoms with Crippen molar-refractivity contribution in [2.24, 2.45) is 0 Å². The van der Waals surface area contributed by atoms with Gasteiger partial charge in [0.05, 0.1) is 17.1 Å². The SMILES string of the molecule is Cc1c(Br)cc(S(=O)(=O)N[C@@H](C)CO)cc1C(=O)O. The van der Waals surface area contributed by atoms with Crippen LogP contribution in [0.2, 0.25) is 0 Å². The zero-order valence-corrected chi connectivity index (χ0v) is 12.7. The lowest BCUT2D eigenvalue weighted by molar-refractivity contribution is 0.0695. The number of halogens is 1. The molecule has 0 aliphatic heterocycles. The number of rotatable bonds is 5. The van der Waals surface area contributed by atoms with Crippen molar-refractivity contribution in [1.82, 2.24) is 4.72 Å². The molecular weight excluding hydrogens is 338 g/mol. The molecule has 0 aliphatic carbocycles. The lowest BCUT2D eigenvalue weighted by Gasteiger charge is -2.13. The number of aliphatic hydroxyl groups is 1. The number of carboxylic acids is 1. The molecule has 19 heavy (non-hydrogen) atoms. The molecule has 1 rings (SSSR count). The van der Waals surface area contributed by atoms with Crippen molar-refractivity contribution in [1.29, 1.82) is 0 Å². The van der Waals surface area contributed by atoms with Gasteiger partial charge in [0.15, 0.2) is 0 Å². The summed E-state index contributed by atoms with van der Waals surface area (Å²) in [6.45, 7) is 2.73. The molecule has 106 valence electrons. The van der Waals surface area contributed by atoms with Gasteiger partial charge in [0, 0.05) is 10.5 Å². The molecule has 0 aliphatic rings. The Labute approximate surface area is 119 Å². The van der Waals surface area contributed by atoms with Crippen LogP contribution in [-0.2, 0) is 10.0 Å². The smallest absolute Gasteiger partial charge is 0.336 e. The van der Waals surface area contributed by atoms with E-state index in [4.69, 9.17) is 10.2 Å². The van der Waals surface area contributed by atoms with Crippen LogP contribution in [0.3, 0.4) is 0 Å². The molecule has 0 radical (unpaired) electrons. The maximum Gasteiger partial charge on any atom is 0.336 e. The fraction of sp³-hybridized carbons (Fsp3) is 0.364. The van der Waals surface area contributed by atoms with E-state index in [0.717, 1.165) is 6.07 Å². The van der Waals surface area contributed by atoms with Crippen LogP contribution in [0, 0.1) is 6.92 Å². The molecule has 0 unspecified atom stereocenters. The molecule has 0 amide bonds. The quantitative estimate of drug-likeness (QED) is 0.737. The van der Waals surface area contributed by atoms with Gasteiger partial charge in [-0.3, -0.25) is 0 Å². The van der Waals surface area contributed by atoms with Gasteiger partial charge in [0.2, 0.25) is 10.0 Å². The van der Waals surface area contributed by atoms with E-state index in [9.17, 15) is 13.2 Å². The monoisotopic (exact) mass is 351 g/mol. The highest BCUT2D eigenvalue weighted by atomic mass is 79.9. The number of hydrogen-bond donors (Lipinski definition) is 3. The Hall–Kier alpha value is -0.960. The molecular formula is C11H14BrNO5S. The summed E-state index contributed by atoms with van der Waals surface area (Å²) in [6.07, 6.45) is 0. The summed E-state index contributed by atoms with van der Waals surface area (Å²) in [5, 5.41) is 17.9. The van der Waals surface area contributed by atoms with Crippen LogP contribution in [0.5, 0.6) is 0 Å². The van der Waals surface area contributed by atoms with Crippen molar-refractivity contribution >= 4 is 31.9 Å². The third kappa shape index (κ3) is 3.75. The average Bonchev–Trinajstić information content (AvgIpc) is 2.31. The van der Waals surface area contributed by atoms with E-state index in [1.54, 1.807) is 6.92 Å². The minimum atomic E-state index is -3.87. The zero-order valence-electron chi connectivity index (χ0n) is 10.3. The molecule has 6 nitrogen and oxygen atoms in total. The van der Waals surface area contributed by atoms with Crippen LogP contribution in [0.15, 0.2) is 21.5 Å². The first kappa shape index (κ1) is 16.1. The maximum atomic E-state index is 12.0. The first-order valence-corrected chi connectivity index (χ1v) is 7.63. The van der Waals surface area contributed by atoms with Gasteiger partial charge in [-0.1, -0.05) is 15.9 Å². The van der Waals surface area contributed by atoms with E-state index in [1.165, 1.54) is 13.0 Å². The number of benzene rings is 1. The first-order chi connectivity index (χ1) is 8.69. The second kappa shape index (κ2) is 6.00. The van der Waals surface area contributed by atoms with Crippen molar-refractivity contribution in [2.75, 3.05) is 6.61 Å². The standard InChI is InChI=1S/C11H14BrNO5S/c1-6(5-14)13-19(17,18)8-3-9(11(15)16)7(2)10(12)4-8/h3-4,6,13-14H,5H2,1-2H3,(H,15,16)/t6-/m0/s1. The number of sulfonamides is 1. The van der Waals surface area contributed by atoms with Gasteiger partial charge in [0.1, 0.15) is 0 Å². The molecule has 0 fully saturated rings. The molecule has 0 bridgehead atoms. The number of aromatic carboxylic acids is 1. The van der Waals surface area contributed by atoms with Gasteiger partial charge in [-0.05, 0) is 31.5 Å². The largest absolute Gasteiger partial charge is 0.478 e. The van der Waals surface area contributed by atoms with E-state index in [-0.39, 0.29) is 17.1 Å². The number of carboxylic acid groups (broad SMARTS) is 1. The Balaban J connectivity index is 3.32. The molecule has 8 heteroatoms. The van der Waals surface area contributed by atoms with E-state index >= 15 is 0 Å². The molecule has 0 saturated heterocycles. The van der Waals surface area contributed by atoms with Gasteiger partial charge >= 0.3 is 5.97 Å². The molecule has 1 aromatic carbocycles. The second-order valence-corrected chi connectivity index (χ2v) is 6.66. The van der Waals surface area contributed by atoms with Crippen LogP contribution in [0.1, 0.15) is 22.8 Å². The summed E-state index contributed by atoms with van der Waals surface area (Å²) >= 11 is 3.14. The van der Waals surface area contributed by atoms with Crippen molar-refractivity contribution in [2.45, 2.75) is 24.8 Å². The van der Waals surface area contributed by atoms with E-state index in [1.807, 2.05) is 0 Å². The number of aliphatic hydroxyl groups excluding tert-OH is 1. The van der Waals surface area contributed by atoms with Gasteiger partial charge in [-0.25, -0.2) is 17.9 Å². The van der Waals surface area contributed by atoms with Gasteiger partial charge in [-0.2, -0.15) is 0 Å². The highest BCUT2D eigenvalue weighted by molar-refractivity contribution is 9.10. The van der Waals surface area contributed by atoms with E-state index in [0.29, 0.717) is 10.0 Å². The van der Waals surface area contributed by atoms with Crippen LogP contribution >= 0.6 is 15.9 Å². The van der Waals surface area contributed by atoms with Crippen molar-refractivity contribution in [3.63, 3.8) is 0 Å².